The summed E-state index contributed by atoms with van der Waals surface area (Å²) < 4.78 is 10.6. The van der Waals surface area contributed by atoms with E-state index in [2.05, 4.69) is 0 Å². The smallest absolute Gasteiger partial charge is 0.303 e. The van der Waals surface area contributed by atoms with Gasteiger partial charge >= 0.3 is 5.97 Å². The maximum absolute atomic E-state index is 11.9. The maximum atomic E-state index is 11.9. The number of Topliss-reactive ketones (excluding diaryl/α,β-unsaturated/α-hetero) is 1. The van der Waals surface area contributed by atoms with Gasteiger partial charge in [0.2, 0.25) is 0 Å². The summed E-state index contributed by atoms with van der Waals surface area (Å²) in [5.74, 6) is 0.0566. The largest absolute Gasteiger partial charge is 0.493 e. The fourth-order valence-corrected chi connectivity index (χ4v) is 1.95. The summed E-state index contributed by atoms with van der Waals surface area (Å²) >= 11 is 0. The van der Waals surface area contributed by atoms with Gasteiger partial charge in [0.05, 0.1) is 20.1 Å². The molecule has 0 saturated carbocycles. The monoisotopic (exact) mass is 250 g/mol. The summed E-state index contributed by atoms with van der Waals surface area (Å²) in [6.07, 6.45) is 0.582. The molecule has 5 nitrogen and oxygen atoms in total. The van der Waals surface area contributed by atoms with E-state index in [9.17, 15) is 9.59 Å². The number of methoxy groups -OCH3 is 1. The van der Waals surface area contributed by atoms with E-state index in [-0.39, 0.29) is 18.6 Å². The van der Waals surface area contributed by atoms with Gasteiger partial charge in [0, 0.05) is 24.0 Å². The molecule has 0 spiro atoms. The van der Waals surface area contributed by atoms with E-state index in [0.717, 1.165) is 12.0 Å². The van der Waals surface area contributed by atoms with Crippen LogP contribution in [0, 0.1) is 0 Å². The molecule has 0 atom stereocenters. The Morgan fingerprint density at radius 1 is 1.39 bits per heavy atom. The average molecular weight is 250 g/mol. The number of benzene rings is 1. The molecule has 96 valence electrons. The highest BCUT2D eigenvalue weighted by Gasteiger charge is 2.20. The molecule has 2 rings (SSSR count). The fraction of sp³-hybridized carbons (Fsp3) is 0.385. The van der Waals surface area contributed by atoms with Crippen LogP contribution >= 0.6 is 0 Å². The summed E-state index contributed by atoms with van der Waals surface area (Å²) in [6, 6.07) is 3.36. The molecule has 0 unspecified atom stereocenters. The molecule has 0 aromatic heterocycles. The third-order valence-corrected chi connectivity index (χ3v) is 2.86. The fourth-order valence-electron chi connectivity index (χ4n) is 1.95. The molecular formula is C13H14O5. The Morgan fingerprint density at radius 3 is 2.83 bits per heavy atom. The lowest BCUT2D eigenvalue weighted by Crippen LogP contribution is -2.04. The topological polar surface area (TPSA) is 72.8 Å². The first-order chi connectivity index (χ1) is 8.61. The highest BCUT2D eigenvalue weighted by atomic mass is 16.5. The molecule has 1 aliphatic rings. The van der Waals surface area contributed by atoms with Crippen LogP contribution in [-0.4, -0.2) is 30.6 Å². The Hall–Kier alpha value is -2.04. The third kappa shape index (κ3) is 2.45. The number of carbonyl (C=O) groups excluding carboxylic acids is 1. The number of carboxylic acid groups (broad SMARTS) is 1. The normalized spacial score (nSPS) is 12.7. The molecule has 0 fully saturated rings. The molecule has 1 aromatic rings. The molecule has 0 aliphatic carbocycles. The predicted molar refractivity (Wildman–Crippen MR) is 63.4 cm³/mol. The van der Waals surface area contributed by atoms with E-state index in [0.29, 0.717) is 23.7 Å². The van der Waals surface area contributed by atoms with Crippen molar-refractivity contribution in [1.29, 1.82) is 0 Å². The van der Waals surface area contributed by atoms with Crippen LogP contribution in [0.25, 0.3) is 0 Å². The Bertz CT molecular complexity index is 492. The quantitative estimate of drug-likeness (QED) is 0.805. The predicted octanol–water partition coefficient (Wildman–Crippen LogP) is 1.68. The van der Waals surface area contributed by atoms with Crippen molar-refractivity contribution in [3.63, 3.8) is 0 Å². The zero-order valence-electron chi connectivity index (χ0n) is 10.1. The number of rotatable bonds is 5. The van der Waals surface area contributed by atoms with Crippen LogP contribution in [0.4, 0.5) is 0 Å². The van der Waals surface area contributed by atoms with Gasteiger partial charge in [-0.2, -0.15) is 0 Å². The van der Waals surface area contributed by atoms with E-state index in [4.69, 9.17) is 14.6 Å². The lowest BCUT2D eigenvalue weighted by Gasteiger charge is -2.09. The molecule has 1 N–H and O–H groups in total. The Morgan fingerprint density at radius 2 is 2.17 bits per heavy atom. The van der Waals surface area contributed by atoms with Gasteiger partial charge in [-0.25, -0.2) is 0 Å². The van der Waals surface area contributed by atoms with E-state index in [1.807, 2.05) is 0 Å². The number of carbonyl (C=O) groups is 2. The number of aliphatic carboxylic acids is 1. The van der Waals surface area contributed by atoms with Crippen molar-refractivity contribution in [3.05, 3.63) is 23.3 Å². The molecule has 18 heavy (non-hydrogen) atoms. The second-order valence-corrected chi connectivity index (χ2v) is 4.08. The first-order valence-electron chi connectivity index (χ1n) is 5.70. The molecule has 0 amide bonds. The minimum Gasteiger partial charge on any atom is -0.493 e. The van der Waals surface area contributed by atoms with Crippen LogP contribution in [0.1, 0.15) is 28.8 Å². The van der Waals surface area contributed by atoms with Crippen molar-refractivity contribution >= 4 is 11.8 Å². The van der Waals surface area contributed by atoms with E-state index >= 15 is 0 Å². The second kappa shape index (κ2) is 5.08. The molecule has 1 aliphatic heterocycles. The van der Waals surface area contributed by atoms with Crippen LogP contribution in [0.5, 0.6) is 11.5 Å². The summed E-state index contributed by atoms with van der Waals surface area (Å²) in [7, 11) is 1.52. The highest BCUT2D eigenvalue weighted by Crippen LogP contribution is 2.37. The van der Waals surface area contributed by atoms with Crippen molar-refractivity contribution in [1.82, 2.24) is 0 Å². The third-order valence-electron chi connectivity index (χ3n) is 2.86. The maximum Gasteiger partial charge on any atom is 0.303 e. The van der Waals surface area contributed by atoms with Crippen LogP contribution in [0.15, 0.2) is 12.1 Å². The molecule has 0 saturated heterocycles. The lowest BCUT2D eigenvalue weighted by atomic mass is 10.0. The van der Waals surface area contributed by atoms with E-state index in [1.54, 1.807) is 12.1 Å². The molecule has 1 aromatic carbocycles. The number of ketones is 1. The zero-order chi connectivity index (χ0) is 13.1. The Balaban J connectivity index is 2.23. The summed E-state index contributed by atoms with van der Waals surface area (Å²) in [5.41, 5.74) is 1.42. The number of hydrogen-bond donors (Lipinski definition) is 1. The van der Waals surface area contributed by atoms with Gasteiger partial charge in [0.1, 0.15) is 0 Å². The first kappa shape index (κ1) is 12.4. The summed E-state index contributed by atoms with van der Waals surface area (Å²) in [5, 5.41) is 8.57. The molecule has 0 bridgehead atoms. The zero-order valence-corrected chi connectivity index (χ0v) is 10.1. The molecule has 0 radical (unpaired) electrons. The highest BCUT2D eigenvalue weighted by molar-refractivity contribution is 5.98. The Kier molecular flexibility index (Phi) is 3.50. The second-order valence-electron chi connectivity index (χ2n) is 4.08. The van der Waals surface area contributed by atoms with Gasteiger partial charge in [-0.1, -0.05) is 0 Å². The van der Waals surface area contributed by atoms with E-state index in [1.165, 1.54) is 7.11 Å². The SMILES string of the molecule is COc1cc(C(=O)CCC(=O)O)cc2c1OCC2. The molecular weight excluding hydrogens is 236 g/mol. The molecule has 5 heteroatoms. The minimum atomic E-state index is -0.972. The van der Waals surface area contributed by atoms with Gasteiger partial charge < -0.3 is 14.6 Å². The van der Waals surface area contributed by atoms with Crippen molar-refractivity contribution in [3.8, 4) is 11.5 Å². The van der Waals surface area contributed by atoms with Crippen molar-refractivity contribution in [2.45, 2.75) is 19.3 Å². The van der Waals surface area contributed by atoms with Crippen LogP contribution < -0.4 is 9.47 Å². The van der Waals surface area contributed by atoms with Gasteiger partial charge in [-0.05, 0) is 12.1 Å². The minimum absolute atomic E-state index is 0.00185. The van der Waals surface area contributed by atoms with Gasteiger partial charge in [0.25, 0.3) is 0 Å². The van der Waals surface area contributed by atoms with Crippen LogP contribution in [-0.2, 0) is 11.2 Å². The van der Waals surface area contributed by atoms with Crippen molar-refractivity contribution < 1.29 is 24.2 Å². The van der Waals surface area contributed by atoms with Crippen molar-refractivity contribution in [2.75, 3.05) is 13.7 Å². The Labute approximate surface area is 104 Å². The average Bonchev–Trinajstić information content (AvgIpc) is 2.82. The first-order valence-corrected chi connectivity index (χ1v) is 5.70. The van der Waals surface area contributed by atoms with Crippen LogP contribution in [0.2, 0.25) is 0 Å². The number of ether oxygens (including phenoxy) is 2. The van der Waals surface area contributed by atoms with E-state index < -0.39 is 5.97 Å². The number of carboxylic acids is 1. The number of hydrogen-bond acceptors (Lipinski definition) is 4. The molecule has 1 heterocycles. The van der Waals surface area contributed by atoms with Gasteiger partial charge in [-0.15, -0.1) is 0 Å². The number of fused-ring (bicyclic) bond motifs is 1. The summed E-state index contributed by atoms with van der Waals surface area (Å²) in [4.78, 5) is 22.3. The standard InChI is InChI=1S/C13H14O5/c1-17-11-7-9(10(14)2-3-12(15)16)6-8-4-5-18-13(8)11/h6-7H,2-5H2,1H3,(H,15,16). The van der Waals surface area contributed by atoms with Gasteiger partial charge in [-0.3, -0.25) is 9.59 Å². The lowest BCUT2D eigenvalue weighted by molar-refractivity contribution is -0.136. The van der Waals surface area contributed by atoms with Crippen molar-refractivity contribution in [2.24, 2.45) is 0 Å². The summed E-state index contributed by atoms with van der Waals surface area (Å²) in [6.45, 7) is 0.582. The van der Waals surface area contributed by atoms with Crippen LogP contribution in [0.3, 0.4) is 0 Å². The van der Waals surface area contributed by atoms with Gasteiger partial charge in [0.15, 0.2) is 17.3 Å².